The summed E-state index contributed by atoms with van der Waals surface area (Å²) < 4.78 is 33.7. The number of aliphatic carboxylic acids is 1. The number of hydrogen-bond acceptors (Lipinski definition) is 2. The van der Waals surface area contributed by atoms with Crippen LogP contribution in [0.1, 0.15) is 6.92 Å². The molecule has 0 aliphatic carbocycles. The van der Waals surface area contributed by atoms with Crippen LogP contribution >= 0.6 is 0 Å². The molecular weight excluding hydrogens is 178 g/mol. The molecule has 1 N–H and O–H groups in total. The first-order chi connectivity index (χ1) is 4.95. The predicted octanol–water partition coefficient (Wildman–Crippen LogP) is 0.473. The Balaban J connectivity index is 3.93. The fraction of sp³-hybridized carbons (Fsp3) is 0.800. The maximum atomic E-state index is 11.5. The van der Waals surface area contributed by atoms with Crippen LogP contribution in [0.5, 0.6) is 0 Å². The first-order valence-corrected chi connectivity index (χ1v) is 4.21. The molecule has 0 heterocycles. The highest BCUT2D eigenvalue weighted by atomic mass is 32.2. The molecule has 0 saturated carbocycles. The van der Waals surface area contributed by atoms with Gasteiger partial charge in [0.15, 0.2) is 0 Å². The quantitative estimate of drug-likeness (QED) is 0.694. The van der Waals surface area contributed by atoms with Gasteiger partial charge < -0.3 is 5.11 Å². The summed E-state index contributed by atoms with van der Waals surface area (Å²) in [5.74, 6) is -2.18. The lowest BCUT2D eigenvalue weighted by molar-refractivity contribution is -0.136. The lowest BCUT2D eigenvalue weighted by Crippen LogP contribution is -2.25. The van der Waals surface area contributed by atoms with Crippen molar-refractivity contribution in [2.75, 3.05) is 5.75 Å². The Morgan fingerprint density at radius 1 is 1.64 bits per heavy atom. The van der Waals surface area contributed by atoms with Gasteiger partial charge in [-0.1, -0.05) is 0 Å². The SMILES string of the molecule is CC(C(=O)O)S(=O)CC(F)F. The topological polar surface area (TPSA) is 54.4 Å². The van der Waals surface area contributed by atoms with Crippen molar-refractivity contribution in [3.63, 3.8) is 0 Å². The van der Waals surface area contributed by atoms with E-state index in [0.717, 1.165) is 6.92 Å². The van der Waals surface area contributed by atoms with Crippen molar-refractivity contribution in [1.29, 1.82) is 0 Å². The highest BCUT2D eigenvalue weighted by Gasteiger charge is 2.21. The van der Waals surface area contributed by atoms with Crippen molar-refractivity contribution in [1.82, 2.24) is 0 Å². The van der Waals surface area contributed by atoms with Gasteiger partial charge in [-0.3, -0.25) is 9.00 Å². The highest BCUT2D eigenvalue weighted by Crippen LogP contribution is 2.02. The fourth-order valence-electron chi connectivity index (χ4n) is 0.381. The van der Waals surface area contributed by atoms with Gasteiger partial charge in [-0.2, -0.15) is 0 Å². The zero-order chi connectivity index (χ0) is 9.02. The number of carbonyl (C=O) groups is 1. The van der Waals surface area contributed by atoms with Crippen LogP contribution in [0, 0.1) is 0 Å². The minimum Gasteiger partial charge on any atom is -0.480 e. The normalized spacial score (nSPS) is 16.4. The molecular formula is C5H8F2O3S. The molecule has 0 bridgehead atoms. The molecule has 11 heavy (non-hydrogen) atoms. The Morgan fingerprint density at radius 2 is 2.09 bits per heavy atom. The Bertz CT molecular complexity index is 171. The second kappa shape index (κ2) is 4.38. The lowest BCUT2D eigenvalue weighted by Gasteiger charge is -2.04. The average Bonchev–Trinajstić information content (AvgIpc) is 1.84. The van der Waals surface area contributed by atoms with Gasteiger partial charge in [0.1, 0.15) is 5.25 Å². The van der Waals surface area contributed by atoms with Crippen LogP contribution < -0.4 is 0 Å². The molecule has 0 saturated heterocycles. The molecule has 6 heteroatoms. The fourth-order valence-corrected chi connectivity index (χ4v) is 1.14. The number of halogens is 2. The molecule has 0 rings (SSSR count). The number of hydrogen-bond donors (Lipinski definition) is 1. The zero-order valence-electron chi connectivity index (χ0n) is 5.79. The van der Waals surface area contributed by atoms with Crippen molar-refractivity contribution in [3.05, 3.63) is 0 Å². The van der Waals surface area contributed by atoms with Crippen LogP contribution in [-0.2, 0) is 15.6 Å². The third-order valence-corrected chi connectivity index (χ3v) is 2.60. The van der Waals surface area contributed by atoms with Gasteiger partial charge in [-0.05, 0) is 6.92 Å². The summed E-state index contributed by atoms with van der Waals surface area (Å²) in [7, 11) is -1.97. The second-order valence-electron chi connectivity index (χ2n) is 1.92. The van der Waals surface area contributed by atoms with Gasteiger partial charge in [-0.15, -0.1) is 0 Å². The molecule has 3 nitrogen and oxygen atoms in total. The molecule has 0 amide bonds. The molecule has 0 aromatic carbocycles. The summed E-state index contributed by atoms with van der Waals surface area (Å²) in [5.41, 5.74) is 0. The maximum absolute atomic E-state index is 11.5. The van der Waals surface area contributed by atoms with E-state index in [0.29, 0.717) is 0 Å². The summed E-state index contributed by atoms with van der Waals surface area (Å²) in [6.45, 7) is 1.14. The number of carboxylic acid groups (broad SMARTS) is 1. The van der Waals surface area contributed by atoms with Crippen LogP contribution in [0.15, 0.2) is 0 Å². The summed E-state index contributed by atoms with van der Waals surface area (Å²) in [6, 6.07) is 0. The number of alkyl halides is 2. The molecule has 0 aliphatic heterocycles. The molecule has 0 aliphatic rings. The van der Waals surface area contributed by atoms with Crippen molar-refractivity contribution in [2.24, 2.45) is 0 Å². The summed E-state index contributed by atoms with van der Waals surface area (Å²) in [4.78, 5) is 10.1. The Hall–Kier alpha value is -0.520. The molecule has 2 unspecified atom stereocenters. The van der Waals surface area contributed by atoms with Crippen LogP contribution in [-0.4, -0.2) is 32.7 Å². The van der Waals surface area contributed by atoms with Crippen molar-refractivity contribution < 1.29 is 22.9 Å². The zero-order valence-corrected chi connectivity index (χ0v) is 6.61. The van der Waals surface area contributed by atoms with E-state index in [-0.39, 0.29) is 0 Å². The first-order valence-electron chi connectivity index (χ1n) is 2.83. The molecule has 2 atom stereocenters. The third-order valence-electron chi connectivity index (χ3n) is 1.03. The Labute approximate surface area is 64.9 Å². The highest BCUT2D eigenvalue weighted by molar-refractivity contribution is 7.86. The van der Waals surface area contributed by atoms with E-state index in [9.17, 15) is 17.8 Å². The van der Waals surface area contributed by atoms with Crippen LogP contribution in [0.25, 0.3) is 0 Å². The molecule has 0 fully saturated rings. The lowest BCUT2D eigenvalue weighted by atomic mass is 10.5. The molecule has 0 aromatic heterocycles. The van der Waals surface area contributed by atoms with E-state index in [1.54, 1.807) is 0 Å². The number of rotatable bonds is 4. The van der Waals surface area contributed by atoms with Crippen molar-refractivity contribution in [2.45, 2.75) is 18.6 Å². The number of carboxylic acids is 1. The first kappa shape index (κ1) is 10.5. The van der Waals surface area contributed by atoms with E-state index in [1.807, 2.05) is 0 Å². The average molecular weight is 186 g/mol. The molecule has 66 valence electrons. The molecule has 0 radical (unpaired) electrons. The van der Waals surface area contributed by atoms with E-state index < -0.39 is 34.2 Å². The molecule has 0 spiro atoms. The second-order valence-corrected chi connectivity index (χ2v) is 3.72. The largest absolute Gasteiger partial charge is 0.480 e. The minimum atomic E-state index is -2.71. The van der Waals surface area contributed by atoms with Gasteiger partial charge >= 0.3 is 5.97 Å². The maximum Gasteiger partial charge on any atom is 0.318 e. The molecule has 0 aromatic rings. The third kappa shape index (κ3) is 4.02. The van der Waals surface area contributed by atoms with Gasteiger partial charge in [0.25, 0.3) is 0 Å². The predicted molar refractivity (Wildman–Crippen MR) is 36.1 cm³/mol. The van der Waals surface area contributed by atoms with Gasteiger partial charge in [-0.25, -0.2) is 8.78 Å². The summed E-state index contributed by atoms with van der Waals surface area (Å²) >= 11 is 0. The van der Waals surface area contributed by atoms with Crippen molar-refractivity contribution >= 4 is 16.8 Å². The Kier molecular flexibility index (Phi) is 4.17. The van der Waals surface area contributed by atoms with E-state index >= 15 is 0 Å². The monoisotopic (exact) mass is 186 g/mol. The van der Waals surface area contributed by atoms with Gasteiger partial charge in [0.2, 0.25) is 6.43 Å². The van der Waals surface area contributed by atoms with E-state index in [2.05, 4.69) is 0 Å². The van der Waals surface area contributed by atoms with Gasteiger partial charge in [0, 0.05) is 10.8 Å². The van der Waals surface area contributed by atoms with Gasteiger partial charge in [0.05, 0.1) is 5.75 Å². The van der Waals surface area contributed by atoms with Crippen LogP contribution in [0.3, 0.4) is 0 Å². The van der Waals surface area contributed by atoms with E-state index in [4.69, 9.17) is 5.11 Å². The minimum absolute atomic E-state index is 0.868. The Morgan fingerprint density at radius 3 is 2.36 bits per heavy atom. The standard InChI is InChI=1S/C5H8F2O3S/c1-3(5(8)9)11(10)2-4(6)7/h3-4H,2H2,1H3,(H,8,9). The van der Waals surface area contributed by atoms with Crippen LogP contribution in [0.2, 0.25) is 0 Å². The van der Waals surface area contributed by atoms with Crippen LogP contribution in [0.4, 0.5) is 8.78 Å². The smallest absolute Gasteiger partial charge is 0.318 e. The van der Waals surface area contributed by atoms with E-state index in [1.165, 1.54) is 0 Å². The van der Waals surface area contributed by atoms with Crippen molar-refractivity contribution in [3.8, 4) is 0 Å². The summed E-state index contributed by atoms with van der Waals surface area (Å²) in [6.07, 6.45) is -2.71. The summed E-state index contributed by atoms with van der Waals surface area (Å²) in [5, 5.41) is 7.01.